The lowest BCUT2D eigenvalue weighted by atomic mass is 10.0. The van der Waals surface area contributed by atoms with Gasteiger partial charge in [-0.2, -0.15) is 0 Å². The van der Waals surface area contributed by atoms with Crippen LogP contribution in [0, 0.1) is 0 Å². The zero-order valence-corrected chi connectivity index (χ0v) is 11.4. The molecule has 0 aromatic heterocycles. The summed E-state index contributed by atoms with van der Waals surface area (Å²) in [5.41, 5.74) is 1.46. The number of fused-ring (bicyclic) bond motifs is 1. The van der Waals surface area contributed by atoms with Crippen LogP contribution in [-0.4, -0.2) is 16.4 Å². The smallest absolute Gasteiger partial charge is 0.124 e. The summed E-state index contributed by atoms with van der Waals surface area (Å²) in [6.45, 7) is 0.363. The Hall–Kier alpha value is -2.81. The molecule has 0 fully saturated rings. The summed E-state index contributed by atoms with van der Waals surface area (Å²) in [6.07, 6.45) is 1.62. The fourth-order valence-electron chi connectivity index (χ4n) is 2.32. The zero-order chi connectivity index (χ0) is 14.7. The van der Waals surface area contributed by atoms with E-state index in [1.54, 1.807) is 30.5 Å². The van der Waals surface area contributed by atoms with Crippen molar-refractivity contribution in [1.82, 2.24) is 0 Å². The highest BCUT2D eigenvalue weighted by molar-refractivity contribution is 5.88. The third kappa shape index (κ3) is 2.72. The molecule has 0 unspecified atom stereocenters. The molecule has 3 nitrogen and oxygen atoms in total. The molecule has 0 saturated heterocycles. The highest BCUT2D eigenvalue weighted by Gasteiger charge is 2.05. The Morgan fingerprint density at radius 3 is 2.43 bits per heavy atom. The van der Waals surface area contributed by atoms with Crippen LogP contribution in [0.3, 0.4) is 0 Å². The van der Waals surface area contributed by atoms with Crippen molar-refractivity contribution < 1.29 is 10.2 Å². The molecule has 0 radical (unpaired) electrons. The number of hydrogen-bond donors (Lipinski definition) is 2. The first-order valence-corrected chi connectivity index (χ1v) is 6.73. The minimum absolute atomic E-state index is 0.198. The third-order valence-corrected chi connectivity index (χ3v) is 3.43. The molecule has 0 atom stereocenters. The van der Waals surface area contributed by atoms with Gasteiger partial charge in [-0.3, -0.25) is 4.99 Å². The Morgan fingerprint density at radius 1 is 0.810 bits per heavy atom. The van der Waals surface area contributed by atoms with Crippen LogP contribution in [0.4, 0.5) is 0 Å². The molecule has 3 aromatic carbocycles. The van der Waals surface area contributed by atoms with Gasteiger partial charge in [-0.1, -0.05) is 42.5 Å². The lowest BCUT2D eigenvalue weighted by Crippen LogP contribution is -1.88. The monoisotopic (exact) mass is 277 g/mol. The minimum Gasteiger partial charge on any atom is -0.508 e. The Morgan fingerprint density at radius 2 is 1.57 bits per heavy atom. The van der Waals surface area contributed by atoms with Gasteiger partial charge < -0.3 is 10.2 Å². The number of hydrogen-bond acceptors (Lipinski definition) is 3. The molecule has 0 aliphatic carbocycles. The van der Waals surface area contributed by atoms with Gasteiger partial charge in [-0.25, -0.2) is 0 Å². The summed E-state index contributed by atoms with van der Waals surface area (Å²) in [4.78, 5) is 4.34. The van der Waals surface area contributed by atoms with Gasteiger partial charge in [0.05, 0.1) is 6.54 Å². The molecule has 3 aromatic rings. The number of rotatable bonds is 3. The van der Waals surface area contributed by atoms with Gasteiger partial charge >= 0.3 is 0 Å². The summed E-state index contributed by atoms with van der Waals surface area (Å²) in [6, 6.07) is 18.5. The molecule has 0 bridgehead atoms. The minimum atomic E-state index is 0.198. The van der Waals surface area contributed by atoms with Crippen LogP contribution < -0.4 is 0 Å². The molecule has 3 heteroatoms. The van der Waals surface area contributed by atoms with Crippen molar-refractivity contribution in [2.75, 3.05) is 0 Å². The van der Waals surface area contributed by atoms with E-state index in [1.165, 1.54) is 0 Å². The van der Waals surface area contributed by atoms with Gasteiger partial charge in [0.25, 0.3) is 0 Å². The van der Waals surface area contributed by atoms with E-state index in [0.29, 0.717) is 12.1 Å². The molecule has 0 aliphatic heterocycles. The Labute approximate surface area is 122 Å². The Bertz CT molecular complexity index is 809. The van der Waals surface area contributed by atoms with E-state index in [0.717, 1.165) is 16.3 Å². The van der Waals surface area contributed by atoms with Crippen molar-refractivity contribution in [3.05, 3.63) is 71.8 Å². The molecule has 0 amide bonds. The molecule has 3 rings (SSSR count). The molecule has 0 spiro atoms. The number of benzene rings is 3. The van der Waals surface area contributed by atoms with Gasteiger partial charge in [0, 0.05) is 17.3 Å². The van der Waals surface area contributed by atoms with E-state index in [2.05, 4.69) is 4.99 Å². The molecule has 21 heavy (non-hydrogen) atoms. The number of aromatic hydroxyl groups is 2. The predicted octanol–water partition coefficient (Wildman–Crippen LogP) is 3.87. The van der Waals surface area contributed by atoms with E-state index < -0.39 is 0 Å². The lowest BCUT2D eigenvalue weighted by molar-refractivity contribution is 0.469. The van der Waals surface area contributed by atoms with Crippen LogP contribution in [0.2, 0.25) is 0 Å². The highest BCUT2D eigenvalue weighted by Crippen LogP contribution is 2.27. The molecule has 104 valence electrons. The van der Waals surface area contributed by atoms with E-state index in [4.69, 9.17) is 0 Å². The second kappa shape index (κ2) is 5.67. The summed E-state index contributed by atoms with van der Waals surface area (Å²) >= 11 is 0. The molecule has 0 heterocycles. The van der Waals surface area contributed by atoms with Crippen LogP contribution in [-0.2, 0) is 6.54 Å². The van der Waals surface area contributed by atoms with Crippen LogP contribution in [0.25, 0.3) is 10.8 Å². The number of nitrogens with zero attached hydrogens (tertiary/aromatic N) is 1. The predicted molar refractivity (Wildman–Crippen MR) is 85.0 cm³/mol. The van der Waals surface area contributed by atoms with Gasteiger partial charge in [-0.05, 0) is 29.0 Å². The van der Waals surface area contributed by atoms with Crippen molar-refractivity contribution >= 4 is 17.0 Å². The van der Waals surface area contributed by atoms with E-state index >= 15 is 0 Å². The maximum Gasteiger partial charge on any atom is 0.124 e. The van der Waals surface area contributed by atoms with E-state index in [-0.39, 0.29) is 11.5 Å². The zero-order valence-electron chi connectivity index (χ0n) is 11.4. The average Bonchev–Trinajstić information content (AvgIpc) is 2.51. The first-order chi connectivity index (χ1) is 10.3. The number of phenolic OH excluding ortho intramolecular Hbond substituents is 2. The second-order valence-electron chi connectivity index (χ2n) is 4.81. The lowest BCUT2D eigenvalue weighted by Gasteiger charge is -2.06. The average molecular weight is 277 g/mol. The highest BCUT2D eigenvalue weighted by atomic mass is 16.3. The normalized spacial score (nSPS) is 11.2. The quantitative estimate of drug-likeness (QED) is 0.714. The fraction of sp³-hybridized carbons (Fsp3) is 0.0556. The van der Waals surface area contributed by atoms with Crippen LogP contribution >= 0.6 is 0 Å². The molecular weight excluding hydrogens is 262 g/mol. The van der Waals surface area contributed by atoms with Crippen molar-refractivity contribution in [1.29, 1.82) is 0 Å². The Balaban J connectivity index is 1.92. The molecular formula is C18H15NO2. The number of phenols is 2. The number of para-hydroxylation sites is 1. The van der Waals surface area contributed by atoms with Crippen molar-refractivity contribution in [2.24, 2.45) is 4.99 Å². The first-order valence-electron chi connectivity index (χ1n) is 6.73. The third-order valence-electron chi connectivity index (χ3n) is 3.43. The summed E-state index contributed by atoms with van der Waals surface area (Å²) < 4.78 is 0. The van der Waals surface area contributed by atoms with Gasteiger partial charge in [0.15, 0.2) is 0 Å². The SMILES string of the molecule is Oc1ccccc1C=NCc1c(O)ccc2ccccc12. The molecule has 0 aliphatic rings. The van der Waals surface area contributed by atoms with Crippen molar-refractivity contribution in [3.63, 3.8) is 0 Å². The van der Waals surface area contributed by atoms with E-state index in [9.17, 15) is 10.2 Å². The Kier molecular flexibility index (Phi) is 3.56. The topological polar surface area (TPSA) is 52.8 Å². The van der Waals surface area contributed by atoms with Crippen molar-refractivity contribution in [3.8, 4) is 11.5 Å². The van der Waals surface area contributed by atoms with Gasteiger partial charge in [0.2, 0.25) is 0 Å². The molecule has 2 N–H and O–H groups in total. The standard InChI is InChI=1S/C18H15NO2/c20-17-8-4-2-6-14(17)11-19-12-16-15-7-3-1-5-13(15)9-10-18(16)21/h1-11,20-21H,12H2. The van der Waals surface area contributed by atoms with Gasteiger partial charge in [0.1, 0.15) is 11.5 Å². The largest absolute Gasteiger partial charge is 0.508 e. The second-order valence-corrected chi connectivity index (χ2v) is 4.81. The van der Waals surface area contributed by atoms with Crippen LogP contribution in [0.1, 0.15) is 11.1 Å². The van der Waals surface area contributed by atoms with Crippen LogP contribution in [0.15, 0.2) is 65.7 Å². The fourth-order valence-corrected chi connectivity index (χ4v) is 2.32. The maximum absolute atomic E-state index is 10.0. The first kappa shape index (κ1) is 13.2. The summed E-state index contributed by atoms with van der Waals surface area (Å²) in [5, 5.41) is 21.8. The van der Waals surface area contributed by atoms with Crippen LogP contribution in [0.5, 0.6) is 11.5 Å². The maximum atomic E-state index is 10.0. The van der Waals surface area contributed by atoms with E-state index in [1.807, 2.05) is 36.4 Å². The van der Waals surface area contributed by atoms with Gasteiger partial charge in [-0.15, -0.1) is 0 Å². The van der Waals surface area contributed by atoms with Crippen molar-refractivity contribution in [2.45, 2.75) is 6.54 Å². The molecule has 0 saturated carbocycles. The number of aliphatic imine (C=N–C) groups is 1. The summed E-state index contributed by atoms with van der Waals surface area (Å²) in [7, 11) is 0. The summed E-state index contributed by atoms with van der Waals surface area (Å²) in [5.74, 6) is 0.437.